The Labute approximate surface area is 287 Å². The summed E-state index contributed by atoms with van der Waals surface area (Å²) < 4.78 is 45.7. The molecular formula is C35H47N5O8S. The first-order valence-corrected chi connectivity index (χ1v) is 18.8. The molecule has 2 aliphatic heterocycles. The number of aromatic nitrogens is 1. The Balaban J connectivity index is 1.31. The van der Waals surface area contributed by atoms with E-state index >= 15 is 0 Å². The molecule has 4 aliphatic rings. The maximum atomic E-state index is 14.1. The van der Waals surface area contributed by atoms with Gasteiger partial charge in [0.1, 0.15) is 29.2 Å². The number of benzene rings is 1. The summed E-state index contributed by atoms with van der Waals surface area (Å²) in [5.41, 5.74) is 6.41. The van der Waals surface area contributed by atoms with Crippen LogP contribution >= 0.6 is 0 Å². The molecule has 14 heteroatoms. The minimum Gasteiger partial charge on any atom is -0.496 e. The van der Waals surface area contributed by atoms with Crippen molar-refractivity contribution < 1.29 is 37.0 Å². The van der Waals surface area contributed by atoms with Crippen LogP contribution in [0.2, 0.25) is 0 Å². The minimum atomic E-state index is -3.84. The molecule has 0 radical (unpaired) electrons. The number of amides is 3. The molecule has 2 aromatic rings. The molecular weight excluding hydrogens is 650 g/mol. The third kappa shape index (κ3) is 7.35. The highest BCUT2D eigenvalue weighted by molar-refractivity contribution is 7.91. The SMILES string of the molecule is COc1ccc2c(OC3CC4C(=O)NC5(C(=O)NS(=O)(=O)C6CC6)CC5C=CCCCCCC(N)C(=O)N4C3)cc(OC(C)C)nc2c1C. The fourth-order valence-electron chi connectivity index (χ4n) is 6.90. The number of nitrogens with two attached hydrogens (primary N) is 1. The van der Waals surface area contributed by atoms with Gasteiger partial charge in [-0.2, -0.15) is 0 Å². The molecule has 0 spiro atoms. The fourth-order valence-corrected chi connectivity index (χ4v) is 8.26. The van der Waals surface area contributed by atoms with Gasteiger partial charge in [-0.3, -0.25) is 19.1 Å². The Bertz CT molecular complexity index is 1760. The van der Waals surface area contributed by atoms with Crippen LogP contribution in [0.25, 0.3) is 10.9 Å². The molecule has 1 aromatic carbocycles. The zero-order chi connectivity index (χ0) is 35.1. The van der Waals surface area contributed by atoms with Crippen molar-refractivity contribution >= 4 is 38.6 Å². The molecule has 1 aromatic heterocycles. The number of ether oxygens (including phenoxy) is 3. The molecule has 266 valence electrons. The van der Waals surface area contributed by atoms with E-state index in [2.05, 4.69) is 10.0 Å². The van der Waals surface area contributed by atoms with Crippen LogP contribution in [0.3, 0.4) is 0 Å². The van der Waals surface area contributed by atoms with Crippen LogP contribution in [0, 0.1) is 12.8 Å². The third-order valence-electron chi connectivity index (χ3n) is 9.88. The summed E-state index contributed by atoms with van der Waals surface area (Å²) in [6.07, 6.45) is 8.22. The minimum absolute atomic E-state index is 0.0858. The van der Waals surface area contributed by atoms with Gasteiger partial charge in [-0.25, -0.2) is 13.4 Å². The summed E-state index contributed by atoms with van der Waals surface area (Å²) in [4.78, 5) is 47.7. The van der Waals surface area contributed by atoms with Gasteiger partial charge in [-0.15, -0.1) is 0 Å². The van der Waals surface area contributed by atoms with Crippen LogP contribution < -0.4 is 30.0 Å². The maximum absolute atomic E-state index is 14.1. The molecule has 1 saturated heterocycles. The first kappa shape index (κ1) is 34.9. The van der Waals surface area contributed by atoms with Gasteiger partial charge in [-0.05, 0) is 71.4 Å². The van der Waals surface area contributed by atoms with E-state index in [1.54, 1.807) is 13.2 Å². The number of carbonyl (C=O) groups is 3. The zero-order valence-corrected chi connectivity index (χ0v) is 29.4. The Kier molecular flexibility index (Phi) is 9.82. The summed E-state index contributed by atoms with van der Waals surface area (Å²) in [5.74, 6) is -0.556. The molecule has 49 heavy (non-hydrogen) atoms. The van der Waals surface area contributed by atoms with E-state index < -0.39 is 50.8 Å². The number of nitrogens with one attached hydrogen (secondary N) is 2. The Morgan fingerprint density at radius 2 is 1.92 bits per heavy atom. The van der Waals surface area contributed by atoms with Crippen molar-refractivity contribution in [1.82, 2.24) is 19.9 Å². The van der Waals surface area contributed by atoms with E-state index in [-0.39, 0.29) is 37.3 Å². The normalized spacial score (nSPS) is 27.8. The number of carbonyl (C=O) groups excluding carboxylic acids is 3. The van der Waals surface area contributed by atoms with Crippen molar-refractivity contribution in [2.24, 2.45) is 11.7 Å². The van der Waals surface area contributed by atoms with Gasteiger partial charge in [0.05, 0.1) is 36.6 Å². The number of methoxy groups -OCH3 is 1. The van der Waals surface area contributed by atoms with Gasteiger partial charge in [0.15, 0.2) is 0 Å². The van der Waals surface area contributed by atoms with E-state index in [9.17, 15) is 22.8 Å². The summed E-state index contributed by atoms with van der Waals surface area (Å²) in [6.45, 7) is 5.78. The lowest BCUT2D eigenvalue weighted by Gasteiger charge is -2.28. The van der Waals surface area contributed by atoms with Crippen LogP contribution in [0.4, 0.5) is 0 Å². The first-order valence-electron chi connectivity index (χ1n) is 17.3. The monoisotopic (exact) mass is 697 g/mol. The lowest BCUT2D eigenvalue weighted by atomic mass is 10.1. The molecule has 2 aliphatic carbocycles. The van der Waals surface area contributed by atoms with Crippen LogP contribution in [-0.4, -0.2) is 84.8 Å². The summed E-state index contributed by atoms with van der Waals surface area (Å²) in [6, 6.07) is 3.58. The molecule has 5 unspecified atom stereocenters. The van der Waals surface area contributed by atoms with Crippen LogP contribution in [0.1, 0.15) is 77.2 Å². The number of fused-ring (bicyclic) bond motifs is 3. The smallest absolute Gasteiger partial charge is 0.259 e. The van der Waals surface area contributed by atoms with Crippen molar-refractivity contribution in [3.8, 4) is 17.4 Å². The average molecular weight is 698 g/mol. The number of pyridine rings is 1. The summed E-state index contributed by atoms with van der Waals surface area (Å²) >= 11 is 0. The second-order valence-corrected chi connectivity index (χ2v) is 16.0. The Hall–Kier alpha value is -3.91. The molecule has 3 fully saturated rings. The van der Waals surface area contributed by atoms with Crippen LogP contribution in [0.15, 0.2) is 30.4 Å². The van der Waals surface area contributed by atoms with Crippen LogP contribution in [0.5, 0.6) is 17.4 Å². The summed E-state index contributed by atoms with van der Waals surface area (Å²) in [5, 5.41) is 3.01. The van der Waals surface area contributed by atoms with Gasteiger partial charge >= 0.3 is 0 Å². The zero-order valence-electron chi connectivity index (χ0n) is 28.6. The largest absolute Gasteiger partial charge is 0.496 e. The number of hydrogen-bond acceptors (Lipinski definition) is 10. The first-order chi connectivity index (χ1) is 23.3. The highest BCUT2D eigenvalue weighted by Gasteiger charge is 2.62. The van der Waals surface area contributed by atoms with Crippen molar-refractivity contribution in [2.75, 3.05) is 13.7 Å². The predicted octanol–water partition coefficient (Wildman–Crippen LogP) is 3.02. The van der Waals surface area contributed by atoms with Crippen LogP contribution in [-0.2, 0) is 24.4 Å². The molecule has 2 saturated carbocycles. The van der Waals surface area contributed by atoms with Gasteiger partial charge < -0.3 is 30.2 Å². The molecule has 3 heterocycles. The standard InChI is InChI=1S/C35H47N5O8S/c1-20(2)47-30-17-29(25-14-15-28(46-4)21(3)31(25)37-30)48-23-16-27-32(41)38-35(34(43)39-49(44,45)24-12-13-24)18-22(35)10-8-6-5-7-9-11-26(36)33(42)40(27)19-23/h8,10,14-15,17,20,22-24,26-27H,5-7,9,11-13,16,18-19,36H2,1-4H3,(H,38,41)(H,39,43). The van der Waals surface area contributed by atoms with Crippen molar-refractivity contribution in [3.63, 3.8) is 0 Å². The van der Waals surface area contributed by atoms with E-state index in [0.717, 1.165) is 31.2 Å². The van der Waals surface area contributed by atoms with E-state index in [0.29, 0.717) is 47.5 Å². The topological polar surface area (TPSA) is 179 Å². The molecule has 5 atom stereocenters. The number of hydrogen-bond donors (Lipinski definition) is 3. The number of allylic oxidation sites excluding steroid dienone is 1. The van der Waals surface area contributed by atoms with Crippen molar-refractivity contribution in [3.05, 3.63) is 35.9 Å². The van der Waals surface area contributed by atoms with E-state index in [1.165, 1.54) is 4.90 Å². The number of sulfonamides is 1. The van der Waals surface area contributed by atoms with Gasteiger partial charge in [-0.1, -0.05) is 25.0 Å². The molecule has 6 rings (SSSR count). The second kappa shape index (κ2) is 13.8. The molecule has 3 amide bonds. The van der Waals surface area contributed by atoms with Gasteiger partial charge in [0, 0.05) is 29.4 Å². The lowest BCUT2D eigenvalue weighted by Crippen LogP contribution is -2.57. The van der Waals surface area contributed by atoms with Gasteiger partial charge in [0.25, 0.3) is 5.91 Å². The third-order valence-corrected chi connectivity index (χ3v) is 11.7. The Morgan fingerprint density at radius 1 is 1.14 bits per heavy atom. The maximum Gasteiger partial charge on any atom is 0.259 e. The predicted molar refractivity (Wildman–Crippen MR) is 183 cm³/mol. The van der Waals surface area contributed by atoms with Gasteiger partial charge in [0.2, 0.25) is 27.7 Å². The second-order valence-electron chi connectivity index (χ2n) is 14.0. The van der Waals surface area contributed by atoms with E-state index in [1.807, 2.05) is 45.1 Å². The number of rotatable bonds is 8. The Morgan fingerprint density at radius 3 is 2.63 bits per heavy atom. The lowest BCUT2D eigenvalue weighted by molar-refractivity contribution is -0.140. The fraction of sp³-hybridized carbons (Fsp3) is 0.600. The van der Waals surface area contributed by atoms with Crippen molar-refractivity contribution in [1.29, 1.82) is 0 Å². The highest BCUT2D eigenvalue weighted by Crippen LogP contribution is 2.46. The molecule has 4 N–H and O–H groups in total. The summed E-state index contributed by atoms with van der Waals surface area (Å²) in [7, 11) is -2.25. The quantitative estimate of drug-likeness (QED) is 0.347. The van der Waals surface area contributed by atoms with E-state index in [4.69, 9.17) is 24.9 Å². The van der Waals surface area contributed by atoms with Crippen molar-refractivity contribution in [2.45, 2.75) is 114 Å². The average Bonchev–Trinajstić information content (AvgIpc) is 3.97. The number of aryl methyl sites for hydroxylation is 1. The highest BCUT2D eigenvalue weighted by atomic mass is 32.2. The molecule has 13 nitrogen and oxygen atoms in total. The number of nitrogens with zero attached hydrogens (tertiary/aromatic N) is 2. The molecule has 0 bridgehead atoms.